The van der Waals surface area contributed by atoms with Gasteiger partial charge in [-0.05, 0) is 25.0 Å². The predicted octanol–water partition coefficient (Wildman–Crippen LogP) is 2.92. The topological polar surface area (TPSA) is 108 Å². The summed E-state index contributed by atoms with van der Waals surface area (Å²) in [4.78, 5) is 25.0. The Morgan fingerprint density at radius 2 is 1.00 bits per heavy atom. The quantitative estimate of drug-likeness (QED) is 0.182. The molecule has 0 aliphatic carbocycles. The van der Waals surface area contributed by atoms with Crippen LogP contribution >= 0.6 is 0 Å². The largest absolute Gasteiger partial charge is 0.460 e. The third kappa shape index (κ3) is 9.29. The highest BCUT2D eigenvalue weighted by molar-refractivity contribution is 6.03. The third-order valence-corrected chi connectivity index (χ3v) is 6.98. The minimum absolute atomic E-state index is 0.0667. The Morgan fingerprint density at radius 3 is 1.34 bits per heavy atom. The van der Waals surface area contributed by atoms with Gasteiger partial charge in [-0.15, -0.1) is 0 Å². The summed E-state index contributed by atoms with van der Waals surface area (Å²) in [5.74, 6) is -1.22. The molecule has 2 aliphatic rings. The van der Waals surface area contributed by atoms with E-state index in [1.807, 2.05) is 0 Å². The molecule has 3 rings (SSSR count). The molecule has 2 heterocycles. The van der Waals surface area contributed by atoms with Crippen LogP contribution < -0.4 is 0 Å². The second-order valence-electron chi connectivity index (χ2n) is 9.84. The van der Waals surface area contributed by atoms with Crippen molar-refractivity contribution in [3.05, 3.63) is 35.4 Å². The van der Waals surface area contributed by atoms with Gasteiger partial charge in [0.2, 0.25) is 0 Å². The molecule has 0 bridgehead atoms. The lowest BCUT2D eigenvalue weighted by molar-refractivity contribution is -0.153. The summed E-state index contributed by atoms with van der Waals surface area (Å²) in [5, 5.41) is 0. The van der Waals surface area contributed by atoms with Crippen molar-refractivity contribution in [3.63, 3.8) is 0 Å². The van der Waals surface area contributed by atoms with Gasteiger partial charge in [0, 0.05) is 10.8 Å². The monoisotopic (exact) mass is 538 g/mol. The van der Waals surface area contributed by atoms with Gasteiger partial charge in [-0.1, -0.05) is 26.0 Å². The lowest BCUT2D eigenvalue weighted by Gasteiger charge is -2.40. The second-order valence-corrected chi connectivity index (χ2v) is 9.84. The van der Waals surface area contributed by atoms with Crippen molar-refractivity contribution in [1.82, 2.24) is 0 Å². The van der Waals surface area contributed by atoms with Crippen LogP contribution in [0.15, 0.2) is 24.3 Å². The van der Waals surface area contributed by atoms with Crippen LogP contribution in [0.3, 0.4) is 0 Å². The SMILES string of the molecule is CCC1(COCCOCCOC(=O)c2ccccc2C(=O)OCCOCCOCC2(CC)COC2)COC1. The van der Waals surface area contributed by atoms with Crippen LogP contribution in [-0.4, -0.2) is 104 Å². The molecule has 10 heteroatoms. The molecular formula is C28H42O10. The first-order chi connectivity index (χ1) is 18.5. The van der Waals surface area contributed by atoms with Gasteiger partial charge in [0.15, 0.2) is 0 Å². The summed E-state index contributed by atoms with van der Waals surface area (Å²) >= 11 is 0. The number of hydrogen-bond acceptors (Lipinski definition) is 10. The average molecular weight is 539 g/mol. The van der Waals surface area contributed by atoms with Gasteiger partial charge in [0.25, 0.3) is 0 Å². The van der Waals surface area contributed by atoms with E-state index in [0.29, 0.717) is 39.6 Å². The van der Waals surface area contributed by atoms with Crippen LogP contribution in [0.25, 0.3) is 0 Å². The maximum atomic E-state index is 12.5. The summed E-state index contributed by atoms with van der Waals surface area (Å²) in [5.41, 5.74) is 0.589. The molecule has 10 nitrogen and oxygen atoms in total. The molecule has 0 radical (unpaired) electrons. The van der Waals surface area contributed by atoms with Gasteiger partial charge in [-0.2, -0.15) is 0 Å². The Hall–Kier alpha value is -2.08. The Bertz CT molecular complexity index is 770. The van der Waals surface area contributed by atoms with Crippen molar-refractivity contribution < 1.29 is 47.5 Å². The fourth-order valence-electron chi connectivity index (χ4n) is 3.96. The third-order valence-electron chi connectivity index (χ3n) is 6.98. The molecule has 2 saturated heterocycles. The van der Waals surface area contributed by atoms with Crippen LogP contribution in [0, 0.1) is 10.8 Å². The molecule has 2 aliphatic heterocycles. The molecule has 2 fully saturated rings. The fourth-order valence-corrected chi connectivity index (χ4v) is 3.96. The van der Waals surface area contributed by atoms with E-state index in [4.69, 9.17) is 37.9 Å². The van der Waals surface area contributed by atoms with Crippen molar-refractivity contribution >= 4 is 11.9 Å². The fraction of sp³-hybridized carbons (Fsp3) is 0.714. The van der Waals surface area contributed by atoms with E-state index in [9.17, 15) is 9.59 Å². The van der Waals surface area contributed by atoms with E-state index >= 15 is 0 Å². The van der Waals surface area contributed by atoms with Crippen molar-refractivity contribution in [2.45, 2.75) is 26.7 Å². The van der Waals surface area contributed by atoms with Crippen molar-refractivity contribution in [3.8, 4) is 0 Å². The smallest absolute Gasteiger partial charge is 0.339 e. The number of rotatable bonds is 20. The maximum absolute atomic E-state index is 12.5. The van der Waals surface area contributed by atoms with Gasteiger partial charge in [-0.3, -0.25) is 0 Å². The Balaban J connectivity index is 1.24. The van der Waals surface area contributed by atoms with E-state index in [-0.39, 0.29) is 48.4 Å². The van der Waals surface area contributed by atoms with Gasteiger partial charge in [0.1, 0.15) is 13.2 Å². The highest BCUT2D eigenvalue weighted by atomic mass is 16.6. The lowest BCUT2D eigenvalue weighted by Crippen LogP contribution is -2.45. The van der Waals surface area contributed by atoms with Crippen molar-refractivity contribution in [1.29, 1.82) is 0 Å². The van der Waals surface area contributed by atoms with Gasteiger partial charge >= 0.3 is 11.9 Å². The molecule has 0 N–H and O–H groups in total. The van der Waals surface area contributed by atoms with E-state index in [2.05, 4.69) is 13.8 Å². The molecule has 0 spiro atoms. The summed E-state index contributed by atoms with van der Waals surface area (Å²) in [7, 11) is 0. The van der Waals surface area contributed by atoms with Gasteiger partial charge < -0.3 is 37.9 Å². The molecule has 38 heavy (non-hydrogen) atoms. The number of esters is 2. The van der Waals surface area contributed by atoms with Crippen LogP contribution in [0.2, 0.25) is 0 Å². The highest BCUT2D eigenvalue weighted by Crippen LogP contribution is 2.32. The van der Waals surface area contributed by atoms with Crippen LogP contribution in [0.1, 0.15) is 47.4 Å². The Morgan fingerprint density at radius 1 is 0.632 bits per heavy atom. The molecule has 0 unspecified atom stereocenters. The summed E-state index contributed by atoms with van der Waals surface area (Å²) in [6.07, 6.45) is 2.05. The van der Waals surface area contributed by atoms with Gasteiger partial charge in [-0.25, -0.2) is 9.59 Å². The molecule has 1 aromatic rings. The zero-order valence-corrected chi connectivity index (χ0v) is 22.7. The van der Waals surface area contributed by atoms with Crippen molar-refractivity contribution in [2.75, 3.05) is 92.5 Å². The first kappa shape index (κ1) is 30.5. The average Bonchev–Trinajstić information content (AvgIpc) is 2.89. The van der Waals surface area contributed by atoms with Gasteiger partial charge in [0.05, 0.1) is 90.4 Å². The predicted molar refractivity (Wildman–Crippen MR) is 137 cm³/mol. The zero-order valence-electron chi connectivity index (χ0n) is 22.7. The van der Waals surface area contributed by atoms with Crippen LogP contribution in [-0.2, 0) is 37.9 Å². The number of carbonyl (C=O) groups is 2. The number of carbonyl (C=O) groups excluding carboxylic acids is 2. The highest BCUT2D eigenvalue weighted by Gasteiger charge is 2.37. The molecule has 1 aromatic carbocycles. The molecule has 0 saturated carbocycles. The zero-order chi connectivity index (χ0) is 27.1. The van der Waals surface area contributed by atoms with Crippen molar-refractivity contribution in [2.24, 2.45) is 10.8 Å². The molecule has 0 atom stereocenters. The molecular weight excluding hydrogens is 496 g/mol. The maximum Gasteiger partial charge on any atom is 0.339 e. The Kier molecular flexibility index (Phi) is 12.9. The van der Waals surface area contributed by atoms with Crippen LogP contribution in [0.4, 0.5) is 0 Å². The summed E-state index contributed by atoms with van der Waals surface area (Å²) in [6, 6.07) is 6.40. The molecule has 0 aromatic heterocycles. The van der Waals surface area contributed by atoms with Crippen LogP contribution in [0.5, 0.6) is 0 Å². The molecule has 214 valence electrons. The summed E-state index contributed by atoms with van der Waals surface area (Å²) in [6.45, 7) is 10.9. The van der Waals surface area contributed by atoms with E-state index in [0.717, 1.165) is 39.3 Å². The second kappa shape index (κ2) is 16.1. The summed E-state index contributed by atoms with van der Waals surface area (Å²) < 4.78 is 43.4. The number of benzene rings is 1. The first-order valence-corrected chi connectivity index (χ1v) is 13.4. The van der Waals surface area contributed by atoms with E-state index < -0.39 is 11.9 Å². The minimum Gasteiger partial charge on any atom is -0.460 e. The van der Waals surface area contributed by atoms with E-state index in [1.165, 1.54) is 12.1 Å². The minimum atomic E-state index is -0.609. The standard InChI is InChI=1S/C28H42O10/c1-3-27(19-35-20-27)17-33-11-9-31-13-15-37-25(29)23-7-5-6-8-24(23)26(30)38-16-14-32-10-12-34-18-28(4-2)21-36-22-28/h5-8H,3-4,9-22H2,1-2H3. The molecule has 0 amide bonds. The first-order valence-electron chi connectivity index (χ1n) is 13.4. The lowest BCUT2D eigenvalue weighted by atomic mass is 9.84. The normalized spacial score (nSPS) is 17.3. The van der Waals surface area contributed by atoms with E-state index in [1.54, 1.807) is 12.1 Å². The number of hydrogen-bond donors (Lipinski definition) is 0. The Labute approximate surface area is 225 Å². The number of ether oxygens (including phenoxy) is 8.